The molecule has 10 heteroatoms. The number of aromatic hydroxyl groups is 1. The van der Waals surface area contributed by atoms with E-state index in [-0.39, 0.29) is 51.7 Å². The van der Waals surface area contributed by atoms with Crippen LogP contribution in [0.3, 0.4) is 0 Å². The summed E-state index contributed by atoms with van der Waals surface area (Å²) in [7, 11) is 0. The van der Waals surface area contributed by atoms with E-state index in [1.54, 1.807) is 6.20 Å². The number of anilines is 1. The number of pyridine rings is 1. The number of phenols is 1. The number of hydrogen-bond donors (Lipinski definition) is 2. The fourth-order valence-electron chi connectivity index (χ4n) is 8.86. The van der Waals surface area contributed by atoms with Crippen LogP contribution in [-0.2, 0) is 0 Å². The second kappa shape index (κ2) is 9.35. The molecule has 4 aromatic rings. The highest BCUT2D eigenvalue weighted by atomic mass is 19.1. The molecule has 6 fully saturated rings. The van der Waals surface area contributed by atoms with Gasteiger partial charge in [-0.05, 0) is 68.7 Å². The van der Waals surface area contributed by atoms with E-state index >= 15 is 4.39 Å². The highest BCUT2D eigenvalue weighted by Crippen LogP contribution is 2.54. The number of terminal acetylenes is 1. The van der Waals surface area contributed by atoms with Crippen molar-refractivity contribution in [2.24, 2.45) is 5.92 Å². The van der Waals surface area contributed by atoms with Crippen LogP contribution >= 0.6 is 0 Å². The van der Waals surface area contributed by atoms with Crippen molar-refractivity contribution in [3.63, 3.8) is 0 Å². The number of benzene rings is 2. The minimum atomic E-state index is -0.713. The Labute approximate surface area is 259 Å². The molecule has 2 N–H and O–H groups in total. The minimum Gasteiger partial charge on any atom is -0.508 e. The van der Waals surface area contributed by atoms with Crippen molar-refractivity contribution in [1.82, 2.24) is 25.2 Å². The van der Waals surface area contributed by atoms with Gasteiger partial charge in [-0.15, -0.1) is 6.42 Å². The maximum Gasteiger partial charge on any atom is 0.319 e. The van der Waals surface area contributed by atoms with Crippen LogP contribution < -0.4 is 15.0 Å². The molecule has 5 saturated heterocycles. The third kappa shape index (κ3) is 3.80. The summed E-state index contributed by atoms with van der Waals surface area (Å²) in [4.78, 5) is 18.9. The van der Waals surface area contributed by atoms with Crippen molar-refractivity contribution in [2.45, 2.75) is 62.3 Å². The largest absolute Gasteiger partial charge is 0.508 e. The smallest absolute Gasteiger partial charge is 0.319 e. The van der Waals surface area contributed by atoms with Gasteiger partial charge in [-0.2, -0.15) is 9.97 Å². The summed E-state index contributed by atoms with van der Waals surface area (Å²) in [5.74, 6) is 2.09. The highest BCUT2D eigenvalue weighted by Gasteiger charge is 2.65. The van der Waals surface area contributed by atoms with Gasteiger partial charge in [-0.1, -0.05) is 24.1 Å². The summed E-state index contributed by atoms with van der Waals surface area (Å²) in [5, 5.41) is 15.5. The summed E-state index contributed by atoms with van der Waals surface area (Å²) in [5.41, 5.74) is 1.17. The Balaban J connectivity index is 1.21. The third-order valence-electron chi connectivity index (χ3n) is 10.9. The van der Waals surface area contributed by atoms with Crippen molar-refractivity contribution in [3.8, 4) is 35.4 Å². The molecule has 2 aromatic carbocycles. The Morgan fingerprint density at radius 2 is 2.13 bits per heavy atom. The second-order valence-corrected chi connectivity index (χ2v) is 13.5. The zero-order valence-electron chi connectivity index (χ0n) is 24.9. The maximum atomic E-state index is 16.9. The van der Waals surface area contributed by atoms with Crippen LogP contribution in [0.4, 0.5) is 14.6 Å². The quantitative estimate of drug-likeness (QED) is 0.245. The fourth-order valence-corrected chi connectivity index (χ4v) is 8.86. The average molecular weight is 607 g/mol. The van der Waals surface area contributed by atoms with E-state index in [1.165, 1.54) is 29.8 Å². The number of piperazine rings is 1. The summed E-state index contributed by atoms with van der Waals surface area (Å²) in [6.07, 6.45) is 11.3. The first-order chi connectivity index (χ1) is 21.8. The number of piperidine rings is 2. The second-order valence-electron chi connectivity index (χ2n) is 13.5. The molecule has 6 atom stereocenters. The minimum absolute atomic E-state index is 0.0247. The number of fused-ring (bicyclic) bond motifs is 4. The predicted octanol–water partition coefficient (Wildman–Crippen LogP) is 4.92. The van der Waals surface area contributed by atoms with Crippen LogP contribution in [0, 0.1) is 29.9 Å². The normalized spacial score (nSPS) is 29.9. The lowest BCUT2D eigenvalue weighted by molar-refractivity contribution is 0.108. The van der Waals surface area contributed by atoms with Crippen molar-refractivity contribution >= 4 is 27.5 Å². The van der Waals surface area contributed by atoms with Gasteiger partial charge in [0.2, 0.25) is 0 Å². The molecule has 0 amide bonds. The maximum absolute atomic E-state index is 16.9. The van der Waals surface area contributed by atoms with Gasteiger partial charge >= 0.3 is 6.01 Å². The molecule has 7 heterocycles. The van der Waals surface area contributed by atoms with Crippen LogP contribution in [0.2, 0.25) is 0 Å². The van der Waals surface area contributed by atoms with E-state index in [1.807, 2.05) is 0 Å². The van der Waals surface area contributed by atoms with E-state index in [9.17, 15) is 9.50 Å². The molecule has 1 saturated carbocycles. The Morgan fingerprint density at radius 1 is 1.27 bits per heavy atom. The zero-order valence-corrected chi connectivity index (χ0v) is 24.9. The lowest BCUT2D eigenvalue weighted by atomic mass is 9.94. The number of hydrogen-bond acceptors (Lipinski definition) is 8. The number of phenolic OH excluding ortho intramolecular Hbond substituents is 1. The molecule has 1 aliphatic carbocycles. The van der Waals surface area contributed by atoms with Crippen LogP contribution in [0.5, 0.6) is 11.8 Å². The van der Waals surface area contributed by atoms with E-state index in [0.717, 1.165) is 38.8 Å². The Hall–Kier alpha value is -4.33. The Morgan fingerprint density at radius 3 is 2.93 bits per heavy atom. The van der Waals surface area contributed by atoms with E-state index in [0.29, 0.717) is 46.6 Å². The van der Waals surface area contributed by atoms with Gasteiger partial charge in [0.15, 0.2) is 5.82 Å². The average Bonchev–Trinajstić information content (AvgIpc) is 3.29. The molecular weight excluding hydrogens is 574 g/mol. The summed E-state index contributed by atoms with van der Waals surface area (Å²) < 4.78 is 38.1. The SMILES string of the molecule is C#Cc1c(F)ccc2cc(O)cc(-c3ncc4c(N5C(C)C6CC7C(N6)C75)nc(OCC56CCCN5CC(=C)C6)nc4c3F)c12. The number of aromatic nitrogens is 3. The van der Waals surface area contributed by atoms with Gasteiger partial charge in [-0.3, -0.25) is 9.88 Å². The molecule has 6 unspecified atom stereocenters. The molecule has 8 nitrogen and oxygen atoms in total. The summed E-state index contributed by atoms with van der Waals surface area (Å²) in [6, 6.07) is 6.80. The number of nitrogens with one attached hydrogen (secondary N) is 1. The van der Waals surface area contributed by atoms with Gasteiger partial charge < -0.3 is 20.1 Å². The summed E-state index contributed by atoms with van der Waals surface area (Å²) in [6.45, 7) is 8.64. The first-order valence-electron chi connectivity index (χ1n) is 15.6. The number of halogens is 2. The highest BCUT2D eigenvalue weighted by molar-refractivity contribution is 6.03. The molecule has 0 radical (unpaired) electrons. The van der Waals surface area contributed by atoms with Gasteiger partial charge in [0.25, 0.3) is 0 Å². The van der Waals surface area contributed by atoms with Crippen LogP contribution in [0.25, 0.3) is 32.9 Å². The molecule has 4 bridgehead atoms. The van der Waals surface area contributed by atoms with Gasteiger partial charge in [0.05, 0.1) is 22.5 Å². The fraction of sp³-hybridized carbons (Fsp3) is 0.400. The Kier molecular flexibility index (Phi) is 5.61. The molecule has 5 aliphatic heterocycles. The topological polar surface area (TPSA) is 86.6 Å². The predicted molar refractivity (Wildman–Crippen MR) is 167 cm³/mol. The molecule has 45 heavy (non-hydrogen) atoms. The Bertz CT molecular complexity index is 2000. The zero-order chi connectivity index (χ0) is 30.8. The molecule has 6 aliphatic rings. The third-order valence-corrected chi connectivity index (χ3v) is 10.9. The number of ether oxygens (including phenoxy) is 1. The lowest BCUT2D eigenvalue weighted by Gasteiger charge is -2.42. The summed E-state index contributed by atoms with van der Waals surface area (Å²) >= 11 is 0. The number of nitrogens with zero attached hydrogens (tertiary/aromatic N) is 5. The standard InChI is InChI=1S/C35H32F2N6O2/c1-4-21-25(36)7-6-19-10-20(44)11-22(27(19)21)29-28(37)30-24(14-38-29)33(43-18(3)26-12-23-31(39-26)32(23)43)41-34(40-30)45-16-35-8-5-9-42(35)15-17(2)13-35/h1,6-7,10-11,14,18,23,26,31-32,39,44H,2,5,8-9,12-13,15-16H2,3H3. The van der Waals surface area contributed by atoms with Crippen LogP contribution in [0.15, 0.2) is 42.6 Å². The van der Waals surface area contributed by atoms with E-state index in [2.05, 4.69) is 44.5 Å². The molecule has 0 spiro atoms. The number of rotatable bonds is 5. The van der Waals surface area contributed by atoms with Gasteiger partial charge in [0.1, 0.15) is 35.2 Å². The van der Waals surface area contributed by atoms with E-state index < -0.39 is 11.6 Å². The van der Waals surface area contributed by atoms with Crippen LogP contribution in [0.1, 0.15) is 38.2 Å². The molecule has 2 aromatic heterocycles. The van der Waals surface area contributed by atoms with Crippen molar-refractivity contribution < 1.29 is 18.6 Å². The monoisotopic (exact) mass is 606 g/mol. The van der Waals surface area contributed by atoms with Crippen molar-refractivity contribution in [3.05, 3.63) is 59.8 Å². The molecular formula is C35H32F2N6O2. The van der Waals surface area contributed by atoms with Crippen LogP contribution in [-0.4, -0.2) is 74.4 Å². The first-order valence-corrected chi connectivity index (χ1v) is 15.6. The molecule has 228 valence electrons. The molecule has 10 rings (SSSR count). The van der Waals surface area contributed by atoms with E-state index in [4.69, 9.17) is 16.1 Å². The first kappa shape index (κ1) is 27.0. The van der Waals surface area contributed by atoms with Gasteiger partial charge in [0, 0.05) is 41.8 Å². The van der Waals surface area contributed by atoms with Crippen molar-refractivity contribution in [2.75, 3.05) is 24.6 Å². The lowest BCUT2D eigenvalue weighted by Crippen LogP contribution is -2.57. The van der Waals surface area contributed by atoms with Gasteiger partial charge in [-0.25, -0.2) is 8.78 Å². The van der Waals surface area contributed by atoms with Crippen molar-refractivity contribution in [1.29, 1.82) is 0 Å².